The molecule has 5 heteroatoms. The van der Waals surface area contributed by atoms with E-state index < -0.39 is 0 Å². The highest BCUT2D eigenvalue weighted by Gasteiger charge is 2.09. The first-order valence-corrected chi connectivity index (χ1v) is 5.72. The predicted octanol–water partition coefficient (Wildman–Crippen LogP) is 3.44. The molecule has 0 aliphatic carbocycles. The van der Waals surface area contributed by atoms with Crippen molar-refractivity contribution in [2.75, 3.05) is 5.32 Å². The van der Waals surface area contributed by atoms with Crippen LogP contribution < -0.4 is 11.1 Å². The second kappa shape index (κ2) is 5.41. The first kappa shape index (κ1) is 13.1. The number of nitrogens with one attached hydrogen (secondary N) is 1. The molecule has 1 aromatic carbocycles. The van der Waals surface area contributed by atoms with Crippen LogP contribution in [0.2, 0.25) is 10.0 Å². The molecule has 0 radical (unpaired) electrons. The van der Waals surface area contributed by atoms with E-state index in [1.807, 2.05) is 26.8 Å². The fourth-order valence-electron chi connectivity index (χ4n) is 1.21. The van der Waals surface area contributed by atoms with Gasteiger partial charge in [0.25, 0.3) is 0 Å². The molecular weight excluding hydrogens is 245 g/mol. The molecule has 3 nitrogen and oxygen atoms in total. The van der Waals surface area contributed by atoms with E-state index in [1.165, 1.54) is 0 Å². The monoisotopic (exact) mass is 259 g/mol. The zero-order chi connectivity index (χ0) is 12.3. The first-order chi connectivity index (χ1) is 7.41. The Labute approximate surface area is 106 Å². The maximum atomic E-state index is 6.12. The van der Waals surface area contributed by atoms with Gasteiger partial charge in [0.2, 0.25) is 0 Å². The average Bonchev–Trinajstić information content (AvgIpc) is 2.17. The molecular formula is C11H15Cl2N3. The SMILES string of the molecule is Cc1ccc(Cl)c(NC(N)=NC(C)C)c1Cl. The van der Waals surface area contributed by atoms with E-state index in [9.17, 15) is 0 Å². The molecule has 0 aliphatic rings. The molecule has 0 spiro atoms. The summed E-state index contributed by atoms with van der Waals surface area (Å²) >= 11 is 12.1. The summed E-state index contributed by atoms with van der Waals surface area (Å²) in [5.74, 6) is 0.310. The van der Waals surface area contributed by atoms with Gasteiger partial charge in [-0.05, 0) is 32.4 Å². The summed E-state index contributed by atoms with van der Waals surface area (Å²) in [6.45, 7) is 5.78. The molecule has 1 aromatic rings. The molecule has 3 N–H and O–H groups in total. The van der Waals surface area contributed by atoms with Crippen LogP contribution in [0, 0.1) is 6.92 Å². The van der Waals surface area contributed by atoms with Gasteiger partial charge >= 0.3 is 0 Å². The van der Waals surface area contributed by atoms with Gasteiger partial charge in [-0.15, -0.1) is 0 Å². The van der Waals surface area contributed by atoms with E-state index in [1.54, 1.807) is 6.07 Å². The van der Waals surface area contributed by atoms with Crippen molar-refractivity contribution in [1.29, 1.82) is 0 Å². The van der Waals surface area contributed by atoms with E-state index in [-0.39, 0.29) is 6.04 Å². The summed E-state index contributed by atoms with van der Waals surface area (Å²) < 4.78 is 0. The Morgan fingerprint density at radius 2 is 2.00 bits per heavy atom. The van der Waals surface area contributed by atoms with Gasteiger partial charge in [-0.2, -0.15) is 0 Å². The number of hydrogen-bond donors (Lipinski definition) is 2. The van der Waals surface area contributed by atoms with Crippen LogP contribution in [0.4, 0.5) is 5.69 Å². The molecule has 0 unspecified atom stereocenters. The third-order valence-electron chi connectivity index (χ3n) is 1.93. The van der Waals surface area contributed by atoms with Gasteiger partial charge in [0, 0.05) is 6.04 Å². The van der Waals surface area contributed by atoms with Crippen LogP contribution in [0.3, 0.4) is 0 Å². The van der Waals surface area contributed by atoms with Crippen LogP contribution in [-0.2, 0) is 0 Å². The number of nitrogens with zero attached hydrogens (tertiary/aromatic N) is 1. The van der Waals surface area contributed by atoms with Crippen LogP contribution in [0.5, 0.6) is 0 Å². The molecule has 0 saturated carbocycles. The number of aliphatic imine (C=N–C) groups is 1. The summed E-state index contributed by atoms with van der Waals surface area (Å²) in [6, 6.07) is 3.74. The van der Waals surface area contributed by atoms with Crippen molar-refractivity contribution < 1.29 is 0 Å². The zero-order valence-corrected chi connectivity index (χ0v) is 11.0. The number of nitrogens with two attached hydrogens (primary N) is 1. The number of hydrogen-bond acceptors (Lipinski definition) is 1. The lowest BCUT2D eigenvalue weighted by Gasteiger charge is -2.12. The standard InChI is InChI=1S/C11H15Cl2N3/c1-6(2)15-11(14)16-10-8(12)5-4-7(3)9(10)13/h4-6H,1-3H3,(H3,14,15,16). The number of anilines is 1. The van der Waals surface area contributed by atoms with Gasteiger partial charge in [-0.3, -0.25) is 4.99 Å². The van der Waals surface area contributed by atoms with Crippen LogP contribution in [-0.4, -0.2) is 12.0 Å². The molecule has 0 saturated heterocycles. The largest absolute Gasteiger partial charge is 0.370 e. The average molecular weight is 260 g/mol. The van der Waals surface area contributed by atoms with Crippen molar-refractivity contribution in [2.24, 2.45) is 10.7 Å². The van der Waals surface area contributed by atoms with E-state index >= 15 is 0 Å². The Kier molecular flexibility index (Phi) is 4.44. The summed E-state index contributed by atoms with van der Waals surface area (Å²) in [7, 11) is 0. The fourth-order valence-corrected chi connectivity index (χ4v) is 1.67. The summed E-state index contributed by atoms with van der Waals surface area (Å²) in [5, 5.41) is 4.00. The van der Waals surface area contributed by atoms with Crippen molar-refractivity contribution in [3.63, 3.8) is 0 Å². The maximum absolute atomic E-state index is 6.12. The molecule has 0 bridgehead atoms. The smallest absolute Gasteiger partial charge is 0.193 e. The Morgan fingerprint density at radius 1 is 1.38 bits per heavy atom. The molecule has 0 heterocycles. The Balaban J connectivity index is 3.02. The van der Waals surface area contributed by atoms with E-state index in [2.05, 4.69) is 10.3 Å². The number of halogens is 2. The molecule has 0 amide bonds. The lowest BCUT2D eigenvalue weighted by Crippen LogP contribution is -2.24. The van der Waals surface area contributed by atoms with Crippen molar-refractivity contribution in [3.05, 3.63) is 27.7 Å². The minimum absolute atomic E-state index is 0.120. The Hall–Kier alpha value is -0.930. The Bertz CT molecular complexity index is 414. The normalized spacial score (nSPS) is 12.0. The highest BCUT2D eigenvalue weighted by molar-refractivity contribution is 6.40. The van der Waals surface area contributed by atoms with Gasteiger partial charge in [-0.1, -0.05) is 29.3 Å². The minimum atomic E-state index is 0.120. The fraction of sp³-hybridized carbons (Fsp3) is 0.364. The third kappa shape index (κ3) is 3.29. The number of guanidine groups is 1. The van der Waals surface area contributed by atoms with E-state index in [0.717, 1.165) is 5.56 Å². The number of rotatable bonds is 2. The third-order valence-corrected chi connectivity index (χ3v) is 2.74. The Morgan fingerprint density at radius 3 is 2.56 bits per heavy atom. The van der Waals surface area contributed by atoms with Crippen LogP contribution in [0.25, 0.3) is 0 Å². The lowest BCUT2D eigenvalue weighted by molar-refractivity contribution is 0.833. The van der Waals surface area contributed by atoms with Crippen molar-refractivity contribution >= 4 is 34.8 Å². The predicted molar refractivity (Wildman–Crippen MR) is 71.6 cm³/mol. The van der Waals surface area contributed by atoms with Crippen molar-refractivity contribution in [2.45, 2.75) is 26.8 Å². The van der Waals surface area contributed by atoms with Gasteiger partial charge in [0.05, 0.1) is 15.7 Å². The summed E-state index contributed by atoms with van der Waals surface area (Å²) in [6.07, 6.45) is 0. The van der Waals surface area contributed by atoms with Gasteiger partial charge in [0.1, 0.15) is 0 Å². The van der Waals surface area contributed by atoms with Crippen LogP contribution in [0.1, 0.15) is 19.4 Å². The zero-order valence-electron chi connectivity index (χ0n) is 9.51. The molecule has 0 aromatic heterocycles. The van der Waals surface area contributed by atoms with Crippen LogP contribution >= 0.6 is 23.2 Å². The molecule has 0 aliphatic heterocycles. The van der Waals surface area contributed by atoms with Gasteiger partial charge in [-0.25, -0.2) is 0 Å². The molecule has 88 valence electrons. The molecule has 16 heavy (non-hydrogen) atoms. The molecule has 0 atom stereocenters. The van der Waals surface area contributed by atoms with Crippen molar-refractivity contribution in [1.82, 2.24) is 0 Å². The number of aryl methyl sites for hydroxylation is 1. The summed E-state index contributed by atoms with van der Waals surface area (Å²) in [5.41, 5.74) is 7.25. The molecule has 0 fully saturated rings. The highest BCUT2D eigenvalue weighted by Crippen LogP contribution is 2.32. The van der Waals surface area contributed by atoms with Crippen molar-refractivity contribution in [3.8, 4) is 0 Å². The quantitative estimate of drug-likeness (QED) is 0.632. The highest BCUT2D eigenvalue weighted by atomic mass is 35.5. The topological polar surface area (TPSA) is 50.4 Å². The van der Waals surface area contributed by atoms with E-state index in [4.69, 9.17) is 28.9 Å². The lowest BCUT2D eigenvalue weighted by atomic mass is 10.2. The van der Waals surface area contributed by atoms with Crippen LogP contribution in [0.15, 0.2) is 17.1 Å². The van der Waals surface area contributed by atoms with E-state index in [0.29, 0.717) is 21.7 Å². The number of benzene rings is 1. The summed E-state index contributed by atoms with van der Waals surface area (Å²) in [4.78, 5) is 4.15. The molecule has 1 rings (SSSR count). The second-order valence-corrected chi connectivity index (χ2v) is 4.57. The van der Waals surface area contributed by atoms with Gasteiger partial charge < -0.3 is 11.1 Å². The second-order valence-electron chi connectivity index (χ2n) is 3.79. The maximum Gasteiger partial charge on any atom is 0.193 e. The van der Waals surface area contributed by atoms with Gasteiger partial charge in [0.15, 0.2) is 5.96 Å². The minimum Gasteiger partial charge on any atom is -0.370 e. The first-order valence-electron chi connectivity index (χ1n) is 4.96.